The third kappa shape index (κ3) is 2.64. The van der Waals surface area contributed by atoms with E-state index in [2.05, 4.69) is 20.3 Å². The quantitative estimate of drug-likeness (QED) is 0.518. The van der Waals surface area contributed by atoms with E-state index in [1.807, 2.05) is 31.2 Å². The Hall–Kier alpha value is -2.48. The number of carbonyl (C=O) groups is 1. The number of carboxylic acids is 1. The summed E-state index contributed by atoms with van der Waals surface area (Å²) >= 11 is 1.06. The SMILES string of the molecule is Cc1ccc(-n2nnc3c(S[C@@H](C)C(=O)[O-])ncnc32)cc1. The van der Waals surface area contributed by atoms with Gasteiger partial charge in [0, 0.05) is 5.25 Å². The van der Waals surface area contributed by atoms with Gasteiger partial charge in [-0.2, -0.15) is 4.68 Å². The lowest BCUT2D eigenvalue weighted by atomic mass is 10.2. The fourth-order valence-electron chi connectivity index (χ4n) is 1.89. The maximum absolute atomic E-state index is 10.9. The summed E-state index contributed by atoms with van der Waals surface area (Å²) in [6.45, 7) is 3.54. The lowest BCUT2D eigenvalue weighted by molar-refractivity contribution is -0.304. The smallest absolute Gasteiger partial charge is 0.187 e. The van der Waals surface area contributed by atoms with Gasteiger partial charge < -0.3 is 9.90 Å². The third-order valence-corrected chi connectivity index (χ3v) is 4.17. The van der Waals surface area contributed by atoms with Crippen LogP contribution in [0.15, 0.2) is 35.6 Å². The van der Waals surface area contributed by atoms with Gasteiger partial charge in [0.05, 0.1) is 11.7 Å². The minimum Gasteiger partial charge on any atom is -0.549 e. The number of nitrogens with zero attached hydrogens (tertiary/aromatic N) is 5. The van der Waals surface area contributed by atoms with Crippen LogP contribution in [-0.2, 0) is 4.79 Å². The molecule has 0 amide bonds. The van der Waals surface area contributed by atoms with Crippen molar-refractivity contribution < 1.29 is 9.90 Å². The van der Waals surface area contributed by atoms with Crippen molar-refractivity contribution in [3.05, 3.63) is 36.2 Å². The molecule has 0 saturated heterocycles. The number of carbonyl (C=O) groups excluding carboxylic acids is 1. The van der Waals surface area contributed by atoms with Crippen LogP contribution < -0.4 is 5.11 Å². The molecule has 3 rings (SSSR count). The van der Waals surface area contributed by atoms with Gasteiger partial charge in [-0.25, -0.2) is 9.97 Å². The molecule has 0 N–H and O–H groups in total. The minimum absolute atomic E-state index is 0.472. The zero-order valence-corrected chi connectivity index (χ0v) is 12.7. The number of benzene rings is 1. The van der Waals surface area contributed by atoms with E-state index >= 15 is 0 Å². The minimum atomic E-state index is -1.15. The largest absolute Gasteiger partial charge is 0.549 e. The summed E-state index contributed by atoms with van der Waals surface area (Å²) in [6, 6.07) is 7.78. The Morgan fingerprint density at radius 1 is 1.27 bits per heavy atom. The molecule has 8 heteroatoms. The molecule has 0 saturated carbocycles. The number of hydrogen-bond donors (Lipinski definition) is 0. The first-order valence-corrected chi connectivity index (χ1v) is 7.45. The highest BCUT2D eigenvalue weighted by Crippen LogP contribution is 2.27. The predicted molar refractivity (Wildman–Crippen MR) is 79.5 cm³/mol. The average Bonchev–Trinajstić information content (AvgIpc) is 2.93. The molecule has 3 aromatic rings. The van der Waals surface area contributed by atoms with Gasteiger partial charge in [0.25, 0.3) is 0 Å². The standard InChI is InChI=1S/C14H13N5O2S/c1-8-3-5-10(6-4-8)19-12-11(17-18-19)13(16-7-15-12)22-9(2)14(20)21/h3-7,9H,1-2H3,(H,20,21)/p-1/t9-/m0/s1. The van der Waals surface area contributed by atoms with Crippen LogP contribution in [0.25, 0.3) is 16.9 Å². The highest BCUT2D eigenvalue weighted by Gasteiger charge is 2.16. The molecular weight excluding hydrogens is 302 g/mol. The number of carboxylic acid groups (broad SMARTS) is 1. The molecule has 0 aliphatic rings. The van der Waals surface area contributed by atoms with Crippen molar-refractivity contribution in [3.8, 4) is 5.69 Å². The Labute approximate surface area is 130 Å². The van der Waals surface area contributed by atoms with Crippen molar-refractivity contribution in [1.29, 1.82) is 0 Å². The number of thioether (sulfide) groups is 1. The number of fused-ring (bicyclic) bond motifs is 1. The zero-order valence-electron chi connectivity index (χ0n) is 11.9. The molecule has 112 valence electrons. The fraction of sp³-hybridized carbons (Fsp3) is 0.214. The van der Waals surface area contributed by atoms with Crippen LogP contribution in [-0.4, -0.2) is 36.2 Å². The van der Waals surface area contributed by atoms with Crippen LogP contribution >= 0.6 is 11.8 Å². The van der Waals surface area contributed by atoms with Gasteiger partial charge in [0.2, 0.25) is 0 Å². The van der Waals surface area contributed by atoms with E-state index in [-0.39, 0.29) is 0 Å². The average molecular weight is 314 g/mol. The molecule has 2 heterocycles. The summed E-state index contributed by atoms with van der Waals surface area (Å²) in [4.78, 5) is 19.2. The summed E-state index contributed by atoms with van der Waals surface area (Å²) in [5.74, 6) is -1.15. The molecule has 7 nitrogen and oxygen atoms in total. The van der Waals surface area contributed by atoms with Gasteiger partial charge in [-0.3, -0.25) is 0 Å². The summed E-state index contributed by atoms with van der Waals surface area (Å²) in [5.41, 5.74) is 2.98. The van der Waals surface area contributed by atoms with Gasteiger partial charge in [-0.05, 0) is 26.0 Å². The Morgan fingerprint density at radius 3 is 2.68 bits per heavy atom. The van der Waals surface area contributed by atoms with E-state index in [9.17, 15) is 9.90 Å². The molecule has 0 aliphatic carbocycles. The van der Waals surface area contributed by atoms with Crippen molar-refractivity contribution in [2.75, 3.05) is 0 Å². The van der Waals surface area contributed by atoms with Crippen molar-refractivity contribution in [3.63, 3.8) is 0 Å². The zero-order chi connectivity index (χ0) is 15.7. The van der Waals surface area contributed by atoms with Crippen molar-refractivity contribution in [2.45, 2.75) is 24.1 Å². The summed E-state index contributed by atoms with van der Waals surface area (Å²) < 4.78 is 1.60. The Morgan fingerprint density at radius 2 is 2.00 bits per heavy atom. The van der Waals surface area contributed by atoms with Gasteiger partial charge >= 0.3 is 0 Å². The number of aliphatic carboxylic acids is 1. The van der Waals surface area contributed by atoms with E-state index in [1.54, 1.807) is 11.6 Å². The second-order valence-electron chi connectivity index (χ2n) is 4.77. The van der Waals surface area contributed by atoms with E-state index in [1.165, 1.54) is 6.33 Å². The van der Waals surface area contributed by atoms with Crippen LogP contribution in [0.5, 0.6) is 0 Å². The summed E-state index contributed by atoms with van der Waals surface area (Å²) in [6.07, 6.45) is 1.38. The second kappa shape index (κ2) is 5.72. The van der Waals surface area contributed by atoms with Gasteiger partial charge in [-0.15, -0.1) is 5.10 Å². The third-order valence-electron chi connectivity index (χ3n) is 3.10. The maximum Gasteiger partial charge on any atom is 0.187 e. The number of rotatable bonds is 4. The molecule has 0 radical (unpaired) electrons. The monoisotopic (exact) mass is 314 g/mol. The molecule has 0 unspecified atom stereocenters. The van der Waals surface area contributed by atoms with Crippen LogP contribution in [0.2, 0.25) is 0 Å². The van der Waals surface area contributed by atoms with Crippen molar-refractivity contribution in [2.24, 2.45) is 0 Å². The molecule has 2 aromatic heterocycles. The van der Waals surface area contributed by atoms with Crippen LogP contribution in [0.3, 0.4) is 0 Å². The Kier molecular flexibility index (Phi) is 3.76. The van der Waals surface area contributed by atoms with Crippen molar-refractivity contribution in [1.82, 2.24) is 25.0 Å². The van der Waals surface area contributed by atoms with Gasteiger partial charge in [0.1, 0.15) is 11.4 Å². The van der Waals surface area contributed by atoms with Crippen LogP contribution in [0.4, 0.5) is 0 Å². The Bertz CT molecular complexity index is 831. The molecule has 1 atom stereocenters. The highest BCUT2D eigenvalue weighted by atomic mass is 32.2. The normalized spacial score (nSPS) is 12.5. The Balaban J connectivity index is 2.05. The lowest BCUT2D eigenvalue weighted by Gasteiger charge is -2.10. The first-order chi connectivity index (χ1) is 10.6. The molecule has 0 aliphatic heterocycles. The summed E-state index contributed by atoms with van der Waals surface area (Å²) in [7, 11) is 0. The lowest BCUT2D eigenvalue weighted by Crippen LogP contribution is -2.31. The van der Waals surface area contributed by atoms with E-state index < -0.39 is 11.2 Å². The van der Waals surface area contributed by atoms with E-state index in [4.69, 9.17) is 0 Å². The molecule has 1 aromatic carbocycles. The maximum atomic E-state index is 10.9. The van der Waals surface area contributed by atoms with E-state index in [0.29, 0.717) is 16.2 Å². The molecular formula is C14H12N5O2S-. The number of aromatic nitrogens is 5. The first kappa shape index (κ1) is 14.5. The molecule has 22 heavy (non-hydrogen) atoms. The second-order valence-corrected chi connectivity index (χ2v) is 6.10. The molecule has 0 spiro atoms. The molecule has 0 fully saturated rings. The number of hydrogen-bond acceptors (Lipinski definition) is 7. The van der Waals surface area contributed by atoms with Gasteiger partial charge in [-0.1, -0.05) is 34.7 Å². The topological polar surface area (TPSA) is 96.6 Å². The first-order valence-electron chi connectivity index (χ1n) is 6.57. The van der Waals surface area contributed by atoms with Crippen LogP contribution in [0, 0.1) is 6.92 Å². The number of aryl methyl sites for hydroxylation is 1. The predicted octanol–water partition coefficient (Wildman–Crippen LogP) is 0.749. The van der Waals surface area contributed by atoms with E-state index in [0.717, 1.165) is 23.0 Å². The van der Waals surface area contributed by atoms with Crippen LogP contribution in [0.1, 0.15) is 12.5 Å². The highest BCUT2D eigenvalue weighted by molar-refractivity contribution is 8.00. The fourth-order valence-corrected chi connectivity index (χ4v) is 2.67. The van der Waals surface area contributed by atoms with Gasteiger partial charge in [0.15, 0.2) is 11.2 Å². The molecule has 0 bridgehead atoms. The summed E-state index contributed by atoms with van der Waals surface area (Å²) in [5, 5.41) is 18.8. The van der Waals surface area contributed by atoms with Crippen molar-refractivity contribution >= 4 is 28.9 Å².